The number of benzene rings is 2. The highest BCUT2D eigenvalue weighted by molar-refractivity contribution is 6.30. The molecule has 2 aromatic carbocycles. The zero-order chi connectivity index (χ0) is 16.8. The van der Waals surface area contributed by atoms with Crippen LogP contribution in [0.15, 0.2) is 66.9 Å². The van der Waals surface area contributed by atoms with Gasteiger partial charge in [-0.05, 0) is 47.5 Å². The van der Waals surface area contributed by atoms with E-state index in [0.29, 0.717) is 13.1 Å². The lowest BCUT2D eigenvalue weighted by atomic mass is 10.2. The molecule has 5 heteroatoms. The molecule has 0 amide bonds. The molecule has 24 heavy (non-hydrogen) atoms. The van der Waals surface area contributed by atoms with E-state index in [4.69, 9.17) is 23.2 Å². The van der Waals surface area contributed by atoms with Crippen LogP contribution >= 0.6 is 23.2 Å². The van der Waals surface area contributed by atoms with Gasteiger partial charge in [-0.15, -0.1) is 0 Å². The highest BCUT2D eigenvalue weighted by atomic mass is 35.5. The third kappa shape index (κ3) is 4.88. The second-order valence-corrected chi connectivity index (χ2v) is 6.27. The monoisotopic (exact) mass is 357 g/mol. The van der Waals surface area contributed by atoms with E-state index in [1.165, 1.54) is 0 Å². The van der Waals surface area contributed by atoms with Gasteiger partial charge in [0.25, 0.3) is 0 Å². The quantitative estimate of drug-likeness (QED) is 0.601. The summed E-state index contributed by atoms with van der Waals surface area (Å²) >= 11 is 12.0. The number of rotatable bonds is 6. The summed E-state index contributed by atoms with van der Waals surface area (Å²) in [6.45, 7) is 1.39. The van der Waals surface area contributed by atoms with Crippen molar-refractivity contribution in [1.82, 2.24) is 4.98 Å². The Hall–Kier alpha value is -2.23. The van der Waals surface area contributed by atoms with E-state index in [0.717, 1.165) is 32.7 Å². The van der Waals surface area contributed by atoms with E-state index in [1.54, 1.807) is 0 Å². The number of nitrogens with zero attached hydrogens (tertiary/aromatic N) is 1. The molecule has 0 aliphatic heterocycles. The lowest BCUT2D eigenvalue weighted by Gasteiger charge is -2.09. The van der Waals surface area contributed by atoms with Crippen molar-refractivity contribution in [1.29, 1.82) is 0 Å². The highest BCUT2D eigenvalue weighted by Crippen LogP contribution is 2.15. The SMILES string of the molecule is Clc1cccc(CNc2ccc(NCc3cccc(Cl)c3)nc2)c1. The maximum absolute atomic E-state index is 5.99. The molecule has 1 heterocycles. The zero-order valence-electron chi connectivity index (χ0n) is 13.0. The second-order valence-electron chi connectivity index (χ2n) is 5.40. The average molecular weight is 358 g/mol. The van der Waals surface area contributed by atoms with Crippen molar-refractivity contribution < 1.29 is 0 Å². The molecule has 3 aromatic rings. The lowest BCUT2D eigenvalue weighted by Crippen LogP contribution is -2.03. The molecule has 122 valence electrons. The number of nitrogens with one attached hydrogen (secondary N) is 2. The van der Waals surface area contributed by atoms with Gasteiger partial charge in [0.15, 0.2) is 0 Å². The summed E-state index contributed by atoms with van der Waals surface area (Å²) in [5.74, 6) is 0.822. The Morgan fingerprint density at radius 2 is 1.38 bits per heavy atom. The van der Waals surface area contributed by atoms with Crippen LogP contribution in [0, 0.1) is 0 Å². The maximum Gasteiger partial charge on any atom is 0.126 e. The third-order valence-electron chi connectivity index (χ3n) is 3.51. The standard InChI is InChI=1S/C19H17Cl2N3/c20-16-5-1-3-14(9-16)11-22-18-7-8-19(24-13-18)23-12-15-4-2-6-17(21)10-15/h1-10,13,22H,11-12H2,(H,23,24). The van der Waals surface area contributed by atoms with Gasteiger partial charge in [-0.3, -0.25) is 0 Å². The third-order valence-corrected chi connectivity index (χ3v) is 3.98. The first kappa shape index (κ1) is 16.6. The Labute approximate surface area is 151 Å². The average Bonchev–Trinajstić information content (AvgIpc) is 2.59. The molecule has 2 N–H and O–H groups in total. The predicted molar refractivity (Wildman–Crippen MR) is 102 cm³/mol. The first-order valence-electron chi connectivity index (χ1n) is 7.62. The molecule has 0 bridgehead atoms. The molecule has 0 atom stereocenters. The number of anilines is 2. The minimum atomic E-state index is 0.683. The molecule has 0 saturated heterocycles. The van der Waals surface area contributed by atoms with Gasteiger partial charge in [0.2, 0.25) is 0 Å². The highest BCUT2D eigenvalue weighted by Gasteiger charge is 1.99. The van der Waals surface area contributed by atoms with E-state index in [1.807, 2.05) is 66.9 Å². The fourth-order valence-corrected chi connectivity index (χ4v) is 2.72. The van der Waals surface area contributed by atoms with Crippen molar-refractivity contribution in [3.63, 3.8) is 0 Å². The Kier molecular flexibility index (Phi) is 5.57. The molecule has 0 unspecified atom stereocenters. The van der Waals surface area contributed by atoms with E-state index < -0.39 is 0 Å². The van der Waals surface area contributed by atoms with Crippen LogP contribution < -0.4 is 10.6 Å². The molecule has 0 saturated carbocycles. The minimum Gasteiger partial charge on any atom is -0.380 e. The summed E-state index contributed by atoms with van der Waals surface area (Å²) in [7, 11) is 0. The van der Waals surface area contributed by atoms with E-state index in [2.05, 4.69) is 15.6 Å². The summed E-state index contributed by atoms with van der Waals surface area (Å²) in [4.78, 5) is 4.41. The molecule has 0 aliphatic carbocycles. The Morgan fingerprint density at radius 1 is 0.750 bits per heavy atom. The van der Waals surface area contributed by atoms with Crippen LogP contribution in [0.1, 0.15) is 11.1 Å². The summed E-state index contributed by atoms with van der Waals surface area (Å²) < 4.78 is 0. The summed E-state index contributed by atoms with van der Waals surface area (Å²) in [6.07, 6.45) is 1.81. The van der Waals surface area contributed by atoms with Crippen LogP contribution in [0.5, 0.6) is 0 Å². The van der Waals surface area contributed by atoms with Gasteiger partial charge in [-0.2, -0.15) is 0 Å². The number of pyridine rings is 1. The van der Waals surface area contributed by atoms with Crippen molar-refractivity contribution in [2.45, 2.75) is 13.1 Å². The van der Waals surface area contributed by atoms with E-state index >= 15 is 0 Å². The van der Waals surface area contributed by atoms with Gasteiger partial charge in [0.1, 0.15) is 5.82 Å². The summed E-state index contributed by atoms with van der Waals surface area (Å²) in [5, 5.41) is 8.09. The molecule has 3 rings (SSSR count). The molecular weight excluding hydrogens is 341 g/mol. The Morgan fingerprint density at radius 3 is 1.92 bits per heavy atom. The van der Waals surface area contributed by atoms with Crippen LogP contribution in [-0.4, -0.2) is 4.98 Å². The van der Waals surface area contributed by atoms with Crippen molar-refractivity contribution in [3.05, 3.63) is 88.0 Å². The number of hydrogen-bond donors (Lipinski definition) is 2. The molecule has 0 aliphatic rings. The molecular formula is C19H17Cl2N3. The maximum atomic E-state index is 5.99. The lowest BCUT2D eigenvalue weighted by molar-refractivity contribution is 1.10. The van der Waals surface area contributed by atoms with Gasteiger partial charge in [0.05, 0.1) is 11.9 Å². The van der Waals surface area contributed by atoms with Crippen molar-refractivity contribution >= 4 is 34.7 Å². The topological polar surface area (TPSA) is 37.0 Å². The van der Waals surface area contributed by atoms with Crippen LogP contribution in [0.2, 0.25) is 10.0 Å². The normalized spacial score (nSPS) is 10.4. The second kappa shape index (κ2) is 8.04. The van der Waals surface area contributed by atoms with Gasteiger partial charge in [-0.25, -0.2) is 4.98 Å². The van der Waals surface area contributed by atoms with Crippen molar-refractivity contribution in [2.24, 2.45) is 0 Å². The smallest absolute Gasteiger partial charge is 0.126 e. The number of aromatic nitrogens is 1. The van der Waals surface area contributed by atoms with Gasteiger partial charge in [-0.1, -0.05) is 47.5 Å². The zero-order valence-corrected chi connectivity index (χ0v) is 14.5. The van der Waals surface area contributed by atoms with Crippen molar-refractivity contribution in [3.8, 4) is 0 Å². The first-order chi connectivity index (χ1) is 11.7. The molecule has 0 fully saturated rings. The summed E-state index contributed by atoms with van der Waals surface area (Å²) in [6, 6.07) is 19.5. The first-order valence-corrected chi connectivity index (χ1v) is 8.37. The van der Waals surface area contributed by atoms with Crippen LogP contribution in [0.4, 0.5) is 11.5 Å². The van der Waals surface area contributed by atoms with Crippen molar-refractivity contribution in [2.75, 3.05) is 10.6 Å². The Balaban J connectivity index is 1.53. The largest absolute Gasteiger partial charge is 0.380 e. The van der Waals surface area contributed by atoms with Crippen LogP contribution in [-0.2, 0) is 13.1 Å². The minimum absolute atomic E-state index is 0.683. The fraction of sp³-hybridized carbons (Fsp3) is 0.105. The summed E-state index contributed by atoms with van der Waals surface area (Å²) in [5.41, 5.74) is 3.21. The predicted octanol–water partition coefficient (Wildman–Crippen LogP) is 5.61. The number of halogens is 2. The van der Waals surface area contributed by atoms with Gasteiger partial charge >= 0.3 is 0 Å². The molecule has 0 spiro atoms. The van der Waals surface area contributed by atoms with E-state index in [-0.39, 0.29) is 0 Å². The Bertz CT molecular complexity index is 735. The molecule has 0 radical (unpaired) electrons. The number of hydrogen-bond acceptors (Lipinski definition) is 3. The molecule has 3 nitrogen and oxygen atoms in total. The van der Waals surface area contributed by atoms with E-state index in [9.17, 15) is 0 Å². The van der Waals surface area contributed by atoms with Gasteiger partial charge in [0, 0.05) is 23.1 Å². The molecule has 1 aromatic heterocycles. The van der Waals surface area contributed by atoms with Crippen LogP contribution in [0.25, 0.3) is 0 Å². The fourth-order valence-electron chi connectivity index (χ4n) is 2.29. The van der Waals surface area contributed by atoms with Gasteiger partial charge < -0.3 is 10.6 Å². The van der Waals surface area contributed by atoms with Crippen LogP contribution in [0.3, 0.4) is 0 Å².